The molecule has 12 heteroatoms. The highest BCUT2D eigenvalue weighted by atomic mass is 16.5. The third kappa shape index (κ3) is 8.34. The number of rotatable bonds is 7. The number of carbonyl (C=O) groups excluding carboxylic acids is 4. The van der Waals surface area contributed by atoms with Gasteiger partial charge in [-0.1, -0.05) is 19.9 Å². The van der Waals surface area contributed by atoms with E-state index < -0.39 is 0 Å². The molecule has 1 N–H and O–H groups in total. The molecular weight excluding hydrogens is 576 g/mol. The van der Waals surface area contributed by atoms with Crippen molar-refractivity contribution in [3.05, 3.63) is 40.7 Å². The molecule has 2 aliphatic rings. The van der Waals surface area contributed by atoms with Gasteiger partial charge >= 0.3 is 0 Å². The lowest BCUT2D eigenvalue weighted by Crippen LogP contribution is -2.47. The number of aryl methyl sites for hydroxylation is 2. The van der Waals surface area contributed by atoms with Gasteiger partial charge in [-0.3, -0.25) is 23.9 Å². The topological polar surface area (TPSA) is 126 Å². The predicted octanol–water partition coefficient (Wildman–Crippen LogP) is 2.22. The standard InChI is InChI=1S/C33H48N6O6/c1-22(2)20-39-21-31(42)36(3)24-11-12-26-25(19-24)32(35-37(26)4)33(43)34-15-17-38(16-7-8-29(39)40)30(41)14-10-23-9-13-27(44-5)28(18-23)45-6/h9,13,18,22,24H,7-8,10-12,14-17,19-21H2,1-6H3,(H,34,43). The molecule has 1 aromatic heterocycles. The Hall–Kier alpha value is -4.09. The molecule has 2 aromatic rings. The third-order valence-corrected chi connectivity index (χ3v) is 8.76. The van der Waals surface area contributed by atoms with E-state index >= 15 is 0 Å². The van der Waals surface area contributed by atoms with Gasteiger partial charge in [-0.25, -0.2) is 0 Å². The van der Waals surface area contributed by atoms with Gasteiger partial charge in [-0.2, -0.15) is 5.10 Å². The Bertz CT molecular complexity index is 1390. The van der Waals surface area contributed by atoms with Crippen LogP contribution in [0.25, 0.3) is 0 Å². The van der Waals surface area contributed by atoms with Crippen LogP contribution in [0.3, 0.4) is 0 Å². The predicted molar refractivity (Wildman–Crippen MR) is 169 cm³/mol. The highest BCUT2D eigenvalue weighted by Gasteiger charge is 2.33. The smallest absolute Gasteiger partial charge is 0.272 e. The van der Waals surface area contributed by atoms with E-state index in [2.05, 4.69) is 10.4 Å². The summed E-state index contributed by atoms with van der Waals surface area (Å²) < 4.78 is 12.5. The fourth-order valence-corrected chi connectivity index (χ4v) is 6.23. The Balaban J connectivity index is 1.54. The lowest BCUT2D eigenvalue weighted by molar-refractivity contribution is -0.141. The summed E-state index contributed by atoms with van der Waals surface area (Å²) in [5.74, 6) is 0.839. The molecule has 0 fully saturated rings. The van der Waals surface area contributed by atoms with Gasteiger partial charge in [0.1, 0.15) is 0 Å². The minimum atomic E-state index is -0.290. The van der Waals surface area contributed by atoms with Crippen molar-refractivity contribution in [2.45, 2.75) is 64.8 Å². The third-order valence-electron chi connectivity index (χ3n) is 8.76. The summed E-state index contributed by atoms with van der Waals surface area (Å²) in [6.07, 6.45) is 3.40. The Labute approximate surface area is 266 Å². The summed E-state index contributed by atoms with van der Waals surface area (Å²) in [6.45, 7) is 5.45. The van der Waals surface area contributed by atoms with E-state index in [4.69, 9.17) is 9.47 Å². The second-order valence-electron chi connectivity index (χ2n) is 12.4. The highest BCUT2D eigenvalue weighted by Crippen LogP contribution is 2.29. The summed E-state index contributed by atoms with van der Waals surface area (Å²) >= 11 is 0. The van der Waals surface area contributed by atoms with Crippen molar-refractivity contribution < 1.29 is 28.7 Å². The molecule has 2 bridgehead atoms. The lowest BCUT2D eigenvalue weighted by Gasteiger charge is -2.34. The quantitative estimate of drug-likeness (QED) is 0.501. The number of likely N-dealkylation sites (N-methyl/N-ethyl adjacent to an activating group) is 1. The molecule has 4 rings (SSSR count). The molecule has 2 heterocycles. The van der Waals surface area contributed by atoms with Gasteiger partial charge in [-0.15, -0.1) is 0 Å². The van der Waals surface area contributed by atoms with Gasteiger partial charge in [0.15, 0.2) is 17.2 Å². The molecule has 0 saturated heterocycles. The van der Waals surface area contributed by atoms with Crippen LogP contribution in [0.15, 0.2) is 18.2 Å². The van der Waals surface area contributed by atoms with Crippen molar-refractivity contribution in [3.8, 4) is 11.5 Å². The molecular formula is C33H48N6O6. The number of aromatic nitrogens is 2. The maximum atomic E-state index is 13.5. The van der Waals surface area contributed by atoms with Crippen molar-refractivity contribution >= 4 is 23.6 Å². The molecule has 1 unspecified atom stereocenters. The Morgan fingerprint density at radius 3 is 2.51 bits per heavy atom. The van der Waals surface area contributed by atoms with Gasteiger partial charge in [0.2, 0.25) is 17.7 Å². The number of amides is 4. The first kappa shape index (κ1) is 33.8. The van der Waals surface area contributed by atoms with Crippen LogP contribution < -0.4 is 14.8 Å². The fraction of sp³-hybridized carbons (Fsp3) is 0.606. The van der Waals surface area contributed by atoms with E-state index in [-0.39, 0.29) is 61.5 Å². The van der Waals surface area contributed by atoms with Gasteiger partial charge in [0.25, 0.3) is 5.91 Å². The zero-order chi connectivity index (χ0) is 32.7. The van der Waals surface area contributed by atoms with Crippen LogP contribution in [0, 0.1) is 5.92 Å². The molecule has 0 saturated carbocycles. The van der Waals surface area contributed by atoms with Crippen molar-refractivity contribution in [1.29, 1.82) is 0 Å². The molecule has 246 valence electrons. The van der Waals surface area contributed by atoms with Crippen LogP contribution in [-0.2, 0) is 40.7 Å². The van der Waals surface area contributed by atoms with E-state index in [1.54, 1.807) is 40.6 Å². The number of methoxy groups -OCH3 is 2. The van der Waals surface area contributed by atoms with Crippen LogP contribution >= 0.6 is 0 Å². The maximum Gasteiger partial charge on any atom is 0.272 e. The van der Waals surface area contributed by atoms with Gasteiger partial charge in [-0.05, 0) is 55.7 Å². The summed E-state index contributed by atoms with van der Waals surface area (Å²) in [5, 5.41) is 7.50. The van der Waals surface area contributed by atoms with E-state index in [0.29, 0.717) is 62.5 Å². The average Bonchev–Trinajstić information content (AvgIpc) is 3.36. The van der Waals surface area contributed by atoms with Crippen LogP contribution in [0.1, 0.15) is 66.8 Å². The first-order valence-corrected chi connectivity index (χ1v) is 15.9. The zero-order valence-corrected chi connectivity index (χ0v) is 27.6. The van der Waals surface area contributed by atoms with Gasteiger partial charge < -0.3 is 29.5 Å². The van der Waals surface area contributed by atoms with Gasteiger partial charge in [0, 0.05) is 70.4 Å². The van der Waals surface area contributed by atoms with Crippen molar-refractivity contribution in [2.24, 2.45) is 13.0 Å². The monoisotopic (exact) mass is 624 g/mol. The molecule has 0 radical (unpaired) electrons. The van der Waals surface area contributed by atoms with E-state index in [1.807, 2.05) is 39.1 Å². The maximum absolute atomic E-state index is 13.5. The van der Waals surface area contributed by atoms with E-state index in [0.717, 1.165) is 23.2 Å². The second kappa shape index (κ2) is 15.3. The van der Waals surface area contributed by atoms with E-state index in [1.165, 1.54) is 0 Å². The van der Waals surface area contributed by atoms with Crippen LogP contribution in [0.2, 0.25) is 0 Å². The minimum Gasteiger partial charge on any atom is -0.493 e. The number of nitrogens with one attached hydrogen (secondary N) is 1. The Morgan fingerprint density at radius 1 is 1.04 bits per heavy atom. The largest absolute Gasteiger partial charge is 0.493 e. The van der Waals surface area contributed by atoms with Crippen molar-refractivity contribution in [1.82, 2.24) is 29.8 Å². The summed E-state index contributed by atoms with van der Waals surface area (Å²) in [6, 6.07) is 5.50. The number of ether oxygens (including phenoxy) is 2. The molecule has 45 heavy (non-hydrogen) atoms. The lowest BCUT2D eigenvalue weighted by atomic mass is 9.90. The van der Waals surface area contributed by atoms with Crippen LogP contribution in [0.5, 0.6) is 11.5 Å². The molecule has 1 atom stereocenters. The zero-order valence-electron chi connectivity index (χ0n) is 27.6. The van der Waals surface area contributed by atoms with Crippen molar-refractivity contribution in [2.75, 3.05) is 54.0 Å². The SMILES string of the molecule is COc1ccc(CCC(=O)N2CCCC(=O)N(CC(C)C)CC(=O)N(C)C3CCc4c(c(nn4C)C(=O)NCC2)C3)cc1OC. The number of fused-ring (bicyclic) bond motifs is 1. The summed E-state index contributed by atoms with van der Waals surface area (Å²) in [5.41, 5.74) is 3.16. The number of carbonyl (C=O) groups is 4. The molecule has 1 aliphatic heterocycles. The van der Waals surface area contributed by atoms with Gasteiger partial charge in [0.05, 0.1) is 20.8 Å². The van der Waals surface area contributed by atoms with Crippen LogP contribution in [0.4, 0.5) is 0 Å². The average molecular weight is 625 g/mol. The molecule has 4 amide bonds. The second-order valence-corrected chi connectivity index (χ2v) is 12.4. The first-order valence-electron chi connectivity index (χ1n) is 15.9. The molecule has 1 aliphatic carbocycles. The van der Waals surface area contributed by atoms with Crippen LogP contribution in [-0.4, -0.2) is 108 Å². The number of hydrogen-bond acceptors (Lipinski definition) is 7. The molecule has 1 aromatic carbocycles. The highest BCUT2D eigenvalue weighted by molar-refractivity contribution is 5.94. The molecule has 0 spiro atoms. The fourth-order valence-electron chi connectivity index (χ4n) is 6.23. The Morgan fingerprint density at radius 2 is 1.80 bits per heavy atom. The van der Waals surface area contributed by atoms with E-state index in [9.17, 15) is 19.2 Å². The summed E-state index contributed by atoms with van der Waals surface area (Å²) in [4.78, 5) is 58.7. The molecule has 12 nitrogen and oxygen atoms in total. The number of hydrogen-bond donors (Lipinski definition) is 1. The first-order chi connectivity index (χ1) is 21.5. The normalized spacial score (nSPS) is 18.6. The minimum absolute atomic E-state index is 0.00518. The number of nitrogens with zero attached hydrogens (tertiary/aromatic N) is 5. The summed E-state index contributed by atoms with van der Waals surface area (Å²) in [7, 11) is 6.77. The van der Waals surface area contributed by atoms with Crippen molar-refractivity contribution in [3.63, 3.8) is 0 Å². The number of benzene rings is 1. The Kier molecular flexibility index (Phi) is 11.5.